The predicted octanol–water partition coefficient (Wildman–Crippen LogP) is 5.66. The van der Waals surface area contributed by atoms with E-state index < -0.39 is 0 Å². The number of hydrogen-bond donors (Lipinski definition) is 0. The predicted molar refractivity (Wildman–Crippen MR) is 135 cm³/mol. The first-order chi connectivity index (χ1) is 16.3. The quantitative estimate of drug-likeness (QED) is 0.356. The smallest absolute Gasteiger partial charge is 0.161 e. The van der Waals surface area contributed by atoms with Crippen LogP contribution in [0, 0.1) is 0 Å². The number of rotatable bonds is 11. The summed E-state index contributed by atoms with van der Waals surface area (Å²) in [5.74, 6) is 2.70. The van der Waals surface area contributed by atoms with E-state index in [4.69, 9.17) is 14.5 Å². The number of allylic oxidation sites excluding steroid dienone is 1. The number of likely N-dealkylation sites (tertiary alicyclic amines) is 1. The summed E-state index contributed by atoms with van der Waals surface area (Å²) < 4.78 is 14.0. The molecule has 0 atom stereocenters. The van der Waals surface area contributed by atoms with Crippen molar-refractivity contribution in [3.8, 4) is 11.5 Å². The van der Waals surface area contributed by atoms with E-state index in [2.05, 4.69) is 46.4 Å². The van der Waals surface area contributed by atoms with Gasteiger partial charge in [0.1, 0.15) is 12.4 Å². The summed E-state index contributed by atoms with van der Waals surface area (Å²) in [6.07, 6.45) is 10.3. The van der Waals surface area contributed by atoms with E-state index >= 15 is 0 Å². The molecule has 1 aromatic heterocycles. The van der Waals surface area contributed by atoms with Gasteiger partial charge in [-0.2, -0.15) is 0 Å². The Labute approximate surface area is 198 Å². The number of aromatic nitrogens is 2. The Hall–Kier alpha value is -2.79. The summed E-state index contributed by atoms with van der Waals surface area (Å²) in [6, 6.07) is 14.5. The first-order valence-corrected chi connectivity index (χ1v) is 12.4. The molecule has 0 aliphatic carbocycles. The number of aryl methyl sites for hydroxylation is 1. The van der Waals surface area contributed by atoms with Crippen molar-refractivity contribution in [3.63, 3.8) is 0 Å². The van der Waals surface area contributed by atoms with E-state index in [-0.39, 0.29) is 0 Å². The van der Waals surface area contributed by atoms with Gasteiger partial charge in [0.15, 0.2) is 11.5 Å². The van der Waals surface area contributed by atoms with Gasteiger partial charge in [0, 0.05) is 6.42 Å². The van der Waals surface area contributed by atoms with Gasteiger partial charge < -0.3 is 18.9 Å². The minimum absolute atomic E-state index is 0.566. The molecular formula is C28H37N3O2. The number of hydrogen-bond acceptors (Lipinski definition) is 4. The first kappa shape index (κ1) is 23.4. The van der Waals surface area contributed by atoms with E-state index in [1.54, 1.807) is 7.11 Å². The summed E-state index contributed by atoms with van der Waals surface area (Å²) in [5.41, 5.74) is 3.41. The minimum Gasteiger partial charge on any atom is -0.493 e. The average Bonchev–Trinajstić information content (AvgIpc) is 2.99. The van der Waals surface area contributed by atoms with Crippen LogP contribution in [0.5, 0.6) is 11.5 Å². The molecule has 5 heteroatoms. The molecule has 1 saturated heterocycles. The van der Waals surface area contributed by atoms with Gasteiger partial charge in [0.2, 0.25) is 0 Å². The lowest BCUT2D eigenvalue weighted by Crippen LogP contribution is -2.26. The van der Waals surface area contributed by atoms with Gasteiger partial charge in [-0.3, -0.25) is 0 Å². The number of nitrogens with zero attached hydrogens (tertiary/aromatic N) is 3. The number of methoxy groups -OCH3 is 1. The third-order valence-electron chi connectivity index (χ3n) is 6.49. The molecule has 1 fully saturated rings. The van der Waals surface area contributed by atoms with Crippen molar-refractivity contribution >= 4 is 11.0 Å². The summed E-state index contributed by atoms with van der Waals surface area (Å²) >= 11 is 0. The molecule has 4 rings (SSSR count). The fourth-order valence-corrected chi connectivity index (χ4v) is 4.76. The molecule has 33 heavy (non-hydrogen) atoms. The maximum atomic E-state index is 6.14. The normalized spacial score (nSPS) is 14.8. The van der Waals surface area contributed by atoms with E-state index in [1.165, 1.54) is 49.9 Å². The van der Waals surface area contributed by atoms with Gasteiger partial charge >= 0.3 is 0 Å². The Bertz CT molecular complexity index is 1030. The van der Waals surface area contributed by atoms with Gasteiger partial charge in [0.25, 0.3) is 0 Å². The van der Waals surface area contributed by atoms with Gasteiger partial charge in [-0.15, -0.1) is 6.58 Å². The van der Waals surface area contributed by atoms with Crippen molar-refractivity contribution in [2.75, 3.05) is 33.4 Å². The topological polar surface area (TPSA) is 39.5 Å². The molecule has 3 aromatic rings. The number of para-hydroxylation sites is 2. The third kappa shape index (κ3) is 6.17. The van der Waals surface area contributed by atoms with E-state index in [9.17, 15) is 0 Å². The van der Waals surface area contributed by atoms with Crippen LogP contribution in [0.15, 0.2) is 55.1 Å². The molecule has 0 radical (unpaired) electrons. The molecule has 2 heterocycles. The molecule has 0 saturated carbocycles. The van der Waals surface area contributed by atoms with E-state index in [1.807, 2.05) is 18.2 Å². The highest BCUT2D eigenvalue weighted by Crippen LogP contribution is 2.28. The van der Waals surface area contributed by atoms with Crippen molar-refractivity contribution in [1.82, 2.24) is 14.5 Å². The SMILES string of the molecule is C=CCc1ccc(OCCn2c(CCCN3CCCCCC3)nc3ccccc32)c(OC)c1. The molecule has 1 aliphatic rings. The maximum Gasteiger partial charge on any atom is 0.161 e. The van der Waals surface area contributed by atoms with Gasteiger partial charge in [0.05, 0.1) is 24.7 Å². The Morgan fingerprint density at radius 1 is 1.00 bits per heavy atom. The fraction of sp³-hybridized carbons (Fsp3) is 0.464. The van der Waals surface area contributed by atoms with Crippen molar-refractivity contribution in [2.45, 2.75) is 51.5 Å². The highest BCUT2D eigenvalue weighted by Gasteiger charge is 2.13. The summed E-state index contributed by atoms with van der Waals surface area (Å²) in [7, 11) is 1.69. The second-order valence-electron chi connectivity index (χ2n) is 8.85. The van der Waals surface area contributed by atoms with Crippen LogP contribution < -0.4 is 9.47 Å². The average molecular weight is 448 g/mol. The Morgan fingerprint density at radius 3 is 2.61 bits per heavy atom. The molecule has 176 valence electrons. The summed E-state index contributed by atoms with van der Waals surface area (Å²) in [5, 5.41) is 0. The zero-order valence-electron chi connectivity index (χ0n) is 20.0. The molecule has 0 spiro atoms. The van der Waals surface area contributed by atoms with Crippen LogP contribution in [-0.2, 0) is 19.4 Å². The maximum absolute atomic E-state index is 6.14. The molecule has 0 N–H and O–H groups in total. The molecule has 2 aromatic carbocycles. The third-order valence-corrected chi connectivity index (χ3v) is 6.49. The van der Waals surface area contributed by atoms with Gasteiger partial charge in [-0.05, 0) is 75.1 Å². The second-order valence-corrected chi connectivity index (χ2v) is 8.85. The zero-order valence-corrected chi connectivity index (χ0v) is 20.0. The van der Waals surface area contributed by atoms with Crippen LogP contribution in [0.4, 0.5) is 0 Å². The highest BCUT2D eigenvalue weighted by atomic mass is 16.5. The number of benzene rings is 2. The molecule has 0 amide bonds. The summed E-state index contributed by atoms with van der Waals surface area (Å²) in [6.45, 7) is 8.80. The van der Waals surface area contributed by atoms with Gasteiger partial charge in [-0.25, -0.2) is 4.98 Å². The van der Waals surface area contributed by atoms with E-state index in [0.29, 0.717) is 6.61 Å². The molecule has 5 nitrogen and oxygen atoms in total. The van der Waals surface area contributed by atoms with Crippen LogP contribution in [0.25, 0.3) is 11.0 Å². The number of fused-ring (bicyclic) bond motifs is 1. The van der Waals surface area contributed by atoms with Crippen LogP contribution in [0.3, 0.4) is 0 Å². The molecule has 0 unspecified atom stereocenters. The minimum atomic E-state index is 0.566. The van der Waals surface area contributed by atoms with Crippen LogP contribution >= 0.6 is 0 Å². The lowest BCUT2D eigenvalue weighted by molar-refractivity contribution is 0.274. The zero-order chi connectivity index (χ0) is 22.9. The molecular weight excluding hydrogens is 410 g/mol. The standard InChI is InChI=1S/C28H37N3O2/c1-3-11-23-15-16-26(27(22-23)32-2)33-21-20-31-25-13-7-6-12-24(25)29-28(31)14-10-19-30-17-8-4-5-9-18-30/h3,6-7,12-13,15-16,22H,1,4-5,8-11,14,17-21H2,2H3. The fourth-order valence-electron chi connectivity index (χ4n) is 4.76. The first-order valence-electron chi connectivity index (χ1n) is 12.4. The van der Waals surface area contributed by atoms with Crippen molar-refractivity contribution in [3.05, 3.63) is 66.5 Å². The Balaban J connectivity index is 1.41. The molecule has 1 aliphatic heterocycles. The van der Waals surface area contributed by atoms with Crippen molar-refractivity contribution in [1.29, 1.82) is 0 Å². The second kappa shape index (κ2) is 11.9. The van der Waals surface area contributed by atoms with Gasteiger partial charge in [-0.1, -0.05) is 37.1 Å². The molecule has 0 bridgehead atoms. The van der Waals surface area contributed by atoms with Crippen molar-refractivity contribution < 1.29 is 9.47 Å². The lowest BCUT2D eigenvalue weighted by Gasteiger charge is -2.19. The van der Waals surface area contributed by atoms with Crippen LogP contribution in [0.1, 0.15) is 43.5 Å². The number of imidazole rings is 1. The Kier molecular flexibility index (Phi) is 8.42. The van der Waals surface area contributed by atoms with Crippen LogP contribution in [0.2, 0.25) is 0 Å². The van der Waals surface area contributed by atoms with Crippen LogP contribution in [-0.4, -0.2) is 47.8 Å². The number of ether oxygens (including phenoxy) is 2. The highest BCUT2D eigenvalue weighted by molar-refractivity contribution is 5.75. The largest absolute Gasteiger partial charge is 0.493 e. The monoisotopic (exact) mass is 447 g/mol. The lowest BCUT2D eigenvalue weighted by atomic mass is 10.1. The summed E-state index contributed by atoms with van der Waals surface area (Å²) in [4.78, 5) is 7.59. The van der Waals surface area contributed by atoms with E-state index in [0.717, 1.165) is 55.2 Å². The Morgan fingerprint density at radius 2 is 1.82 bits per heavy atom. The van der Waals surface area contributed by atoms with Crippen molar-refractivity contribution in [2.24, 2.45) is 0 Å².